The van der Waals surface area contributed by atoms with E-state index in [2.05, 4.69) is 36.2 Å². The quantitative estimate of drug-likeness (QED) is 0.671. The van der Waals surface area contributed by atoms with Crippen molar-refractivity contribution in [2.75, 3.05) is 6.54 Å². The zero-order valence-corrected chi connectivity index (χ0v) is 16.8. The van der Waals surface area contributed by atoms with Gasteiger partial charge in [0.05, 0.1) is 11.1 Å². The molecule has 1 aliphatic carbocycles. The number of rotatable bonds is 4. The Morgan fingerprint density at radius 1 is 1.21 bits per heavy atom. The molecule has 1 aromatic heterocycles. The fourth-order valence-electron chi connectivity index (χ4n) is 4.31. The van der Waals surface area contributed by atoms with Gasteiger partial charge in [0.1, 0.15) is 5.75 Å². The highest BCUT2D eigenvalue weighted by Gasteiger charge is 2.36. The molecule has 0 bridgehead atoms. The lowest BCUT2D eigenvalue weighted by Gasteiger charge is -2.40. The summed E-state index contributed by atoms with van der Waals surface area (Å²) < 4.78 is 6.25. The van der Waals surface area contributed by atoms with Crippen molar-refractivity contribution in [2.45, 2.75) is 44.1 Å². The second-order valence-electron chi connectivity index (χ2n) is 7.85. The SMILES string of the molecule is Cc1cccc(C2(CN)CCC(Oc3cc4cc[nH]c(=O)c4cc3Cl)CC2)c1. The fraction of sp³-hybridized carbons (Fsp3) is 0.348. The Morgan fingerprint density at radius 3 is 2.71 bits per heavy atom. The van der Waals surface area contributed by atoms with E-state index in [4.69, 9.17) is 22.1 Å². The van der Waals surface area contributed by atoms with Gasteiger partial charge in [-0.25, -0.2) is 0 Å². The van der Waals surface area contributed by atoms with E-state index in [1.165, 1.54) is 11.1 Å². The highest BCUT2D eigenvalue weighted by atomic mass is 35.5. The Morgan fingerprint density at radius 2 is 2.00 bits per heavy atom. The smallest absolute Gasteiger partial charge is 0.255 e. The van der Waals surface area contributed by atoms with E-state index in [0.717, 1.165) is 31.1 Å². The third-order valence-electron chi connectivity index (χ3n) is 6.03. The van der Waals surface area contributed by atoms with Crippen molar-refractivity contribution in [3.8, 4) is 5.75 Å². The molecule has 0 saturated heterocycles. The lowest BCUT2D eigenvalue weighted by atomic mass is 9.68. The molecule has 0 radical (unpaired) electrons. The van der Waals surface area contributed by atoms with E-state index in [-0.39, 0.29) is 17.1 Å². The number of fused-ring (bicyclic) bond motifs is 1. The number of hydrogen-bond donors (Lipinski definition) is 2. The predicted molar refractivity (Wildman–Crippen MR) is 114 cm³/mol. The average Bonchev–Trinajstić information content (AvgIpc) is 2.70. The minimum atomic E-state index is -0.144. The molecule has 3 aromatic rings. The van der Waals surface area contributed by atoms with Crippen LogP contribution in [0.25, 0.3) is 10.8 Å². The van der Waals surface area contributed by atoms with Crippen molar-refractivity contribution >= 4 is 22.4 Å². The van der Waals surface area contributed by atoms with Crippen LogP contribution in [0.5, 0.6) is 5.75 Å². The number of aryl methyl sites for hydroxylation is 1. The molecule has 2 aromatic carbocycles. The summed E-state index contributed by atoms with van der Waals surface area (Å²) in [5.41, 5.74) is 8.70. The molecule has 4 rings (SSSR count). The summed E-state index contributed by atoms with van der Waals surface area (Å²) in [6.45, 7) is 2.76. The van der Waals surface area contributed by atoms with Crippen molar-refractivity contribution in [3.05, 3.63) is 75.2 Å². The van der Waals surface area contributed by atoms with Crippen LogP contribution >= 0.6 is 11.6 Å². The van der Waals surface area contributed by atoms with Gasteiger partial charge in [-0.2, -0.15) is 0 Å². The Balaban J connectivity index is 1.52. The number of aromatic nitrogens is 1. The molecule has 0 amide bonds. The van der Waals surface area contributed by atoms with Gasteiger partial charge in [0.15, 0.2) is 0 Å². The number of halogens is 1. The summed E-state index contributed by atoms with van der Waals surface area (Å²) in [4.78, 5) is 14.6. The third kappa shape index (κ3) is 3.54. The number of H-pyrrole nitrogens is 1. The molecule has 1 aliphatic rings. The summed E-state index contributed by atoms with van der Waals surface area (Å²) in [5, 5.41) is 1.87. The molecular weight excluding hydrogens is 372 g/mol. The maximum Gasteiger partial charge on any atom is 0.255 e. The number of nitrogens with two attached hydrogens (primary N) is 1. The zero-order chi connectivity index (χ0) is 19.7. The van der Waals surface area contributed by atoms with Gasteiger partial charge in [0.25, 0.3) is 5.56 Å². The van der Waals surface area contributed by atoms with E-state index in [9.17, 15) is 4.79 Å². The van der Waals surface area contributed by atoms with Crippen LogP contribution in [-0.4, -0.2) is 17.6 Å². The minimum absolute atomic E-state index is 0.0202. The first-order valence-corrected chi connectivity index (χ1v) is 10.1. The lowest BCUT2D eigenvalue weighted by molar-refractivity contribution is 0.118. The summed E-state index contributed by atoms with van der Waals surface area (Å²) >= 11 is 6.39. The molecule has 3 N–H and O–H groups in total. The second-order valence-corrected chi connectivity index (χ2v) is 8.26. The van der Waals surface area contributed by atoms with Crippen LogP contribution < -0.4 is 16.0 Å². The maximum absolute atomic E-state index is 11.9. The first-order chi connectivity index (χ1) is 13.5. The van der Waals surface area contributed by atoms with E-state index in [1.807, 2.05) is 12.1 Å². The van der Waals surface area contributed by atoms with Crippen LogP contribution in [0.4, 0.5) is 0 Å². The standard InChI is InChI=1S/C23H25ClN2O2/c1-15-3-2-4-17(11-15)23(14-25)8-5-18(6-9-23)28-21-12-16-7-10-26-22(27)19(16)13-20(21)24/h2-4,7,10-13,18H,5-6,8-9,14,25H2,1H3,(H,26,27). The fourth-order valence-corrected chi connectivity index (χ4v) is 4.51. The Kier molecular flexibility index (Phi) is 5.17. The van der Waals surface area contributed by atoms with Gasteiger partial charge in [-0.3, -0.25) is 4.79 Å². The van der Waals surface area contributed by atoms with Crippen molar-refractivity contribution in [1.29, 1.82) is 0 Å². The van der Waals surface area contributed by atoms with Crippen LogP contribution in [0.2, 0.25) is 5.02 Å². The maximum atomic E-state index is 11.9. The summed E-state index contributed by atoms with van der Waals surface area (Å²) in [6, 6.07) is 14.1. The molecule has 146 valence electrons. The van der Waals surface area contributed by atoms with Crippen LogP contribution in [0.3, 0.4) is 0 Å². The second kappa shape index (κ2) is 7.61. The van der Waals surface area contributed by atoms with Crippen LogP contribution in [0.1, 0.15) is 36.8 Å². The van der Waals surface area contributed by atoms with Gasteiger partial charge in [0, 0.05) is 23.5 Å². The molecule has 0 spiro atoms. The van der Waals surface area contributed by atoms with Crippen molar-refractivity contribution in [1.82, 2.24) is 4.98 Å². The molecule has 1 heterocycles. The summed E-state index contributed by atoms with van der Waals surface area (Å²) in [6.07, 6.45) is 5.57. The number of ether oxygens (including phenoxy) is 1. The van der Waals surface area contributed by atoms with Gasteiger partial charge in [-0.15, -0.1) is 0 Å². The van der Waals surface area contributed by atoms with E-state index in [0.29, 0.717) is 22.7 Å². The average molecular weight is 397 g/mol. The van der Waals surface area contributed by atoms with E-state index >= 15 is 0 Å². The normalized spacial score (nSPS) is 22.3. The summed E-state index contributed by atoms with van der Waals surface area (Å²) in [5.74, 6) is 0.639. The number of benzene rings is 2. The Labute approximate surface area is 169 Å². The molecule has 0 aliphatic heterocycles. The zero-order valence-electron chi connectivity index (χ0n) is 16.0. The molecular formula is C23H25ClN2O2. The minimum Gasteiger partial charge on any atom is -0.489 e. The van der Waals surface area contributed by atoms with Gasteiger partial charge in [0.2, 0.25) is 0 Å². The number of pyridine rings is 1. The Bertz CT molecular complexity index is 1050. The Hall–Kier alpha value is -2.30. The molecule has 1 fully saturated rings. The molecule has 0 atom stereocenters. The molecule has 28 heavy (non-hydrogen) atoms. The van der Waals surface area contributed by atoms with Crippen LogP contribution in [0.15, 0.2) is 53.5 Å². The topological polar surface area (TPSA) is 68.1 Å². The lowest BCUT2D eigenvalue weighted by Crippen LogP contribution is -2.41. The molecule has 4 nitrogen and oxygen atoms in total. The predicted octanol–water partition coefficient (Wildman–Crippen LogP) is 4.71. The van der Waals surface area contributed by atoms with Gasteiger partial charge in [-0.05, 0) is 61.8 Å². The van der Waals surface area contributed by atoms with Gasteiger partial charge >= 0.3 is 0 Å². The van der Waals surface area contributed by atoms with Crippen LogP contribution in [0, 0.1) is 6.92 Å². The first kappa shape index (κ1) is 19.0. The van der Waals surface area contributed by atoms with Crippen molar-refractivity contribution < 1.29 is 4.74 Å². The number of hydrogen-bond acceptors (Lipinski definition) is 3. The number of aromatic amines is 1. The van der Waals surface area contributed by atoms with Gasteiger partial charge < -0.3 is 15.5 Å². The molecule has 5 heteroatoms. The first-order valence-electron chi connectivity index (χ1n) is 9.76. The highest BCUT2D eigenvalue weighted by Crippen LogP contribution is 2.41. The molecule has 0 unspecified atom stereocenters. The third-order valence-corrected chi connectivity index (χ3v) is 6.33. The van der Waals surface area contributed by atoms with E-state index in [1.54, 1.807) is 12.3 Å². The van der Waals surface area contributed by atoms with Gasteiger partial charge in [-0.1, -0.05) is 41.4 Å². The largest absolute Gasteiger partial charge is 0.489 e. The number of nitrogens with one attached hydrogen (secondary N) is 1. The summed E-state index contributed by atoms with van der Waals surface area (Å²) in [7, 11) is 0. The van der Waals surface area contributed by atoms with Crippen LogP contribution in [-0.2, 0) is 5.41 Å². The molecule has 1 saturated carbocycles. The van der Waals surface area contributed by atoms with Crippen molar-refractivity contribution in [2.24, 2.45) is 5.73 Å². The monoisotopic (exact) mass is 396 g/mol. The highest BCUT2D eigenvalue weighted by molar-refractivity contribution is 6.32. The van der Waals surface area contributed by atoms with E-state index < -0.39 is 0 Å². The van der Waals surface area contributed by atoms with Crippen molar-refractivity contribution in [3.63, 3.8) is 0 Å².